The monoisotopic (exact) mass is 313 g/mol. The zero-order valence-corrected chi connectivity index (χ0v) is 12.5. The number of sulfonamides is 1. The quantitative estimate of drug-likeness (QED) is 0.759. The maximum absolute atomic E-state index is 12.1. The summed E-state index contributed by atoms with van der Waals surface area (Å²) in [5.74, 6) is -0.189. The molecule has 0 aliphatic carbocycles. The van der Waals surface area contributed by atoms with Gasteiger partial charge in [0, 0.05) is 29.2 Å². The Morgan fingerprint density at radius 1 is 0.909 bits per heavy atom. The molecule has 0 aliphatic rings. The summed E-state index contributed by atoms with van der Waals surface area (Å²) in [6.45, 7) is 0. The lowest BCUT2D eigenvalue weighted by Crippen LogP contribution is -2.21. The van der Waals surface area contributed by atoms with Gasteiger partial charge in [-0.05, 0) is 35.7 Å². The van der Waals surface area contributed by atoms with Crippen LogP contribution in [-0.4, -0.2) is 19.3 Å². The molecule has 6 heteroatoms. The van der Waals surface area contributed by atoms with E-state index < -0.39 is 10.0 Å². The summed E-state index contributed by atoms with van der Waals surface area (Å²) in [6.07, 6.45) is 3.42. The molecule has 3 aromatic rings. The van der Waals surface area contributed by atoms with Gasteiger partial charge in [-0.2, -0.15) is 0 Å². The average Bonchev–Trinajstić information content (AvgIpc) is 2.54. The van der Waals surface area contributed by atoms with Crippen LogP contribution in [0.15, 0.2) is 67.0 Å². The highest BCUT2D eigenvalue weighted by atomic mass is 32.2. The van der Waals surface area contributed by atoms with Crippen molar-refractivity contribution in [2.24, 2.45) is 0 Å². The average molecular weight is 313 g/mol. The van der Waals surface area contributed by atoms with Crippen molar-refractivity contribution in [3.63, 3.8) is 0 Å². The molecular weight excluding hydrogens is 298 g/mol. The number of nitrogens with one attached hydrogen (secondary N) is 2. The lowest BCUT2D eigenvalue weighted by atomic mass is 10.2. The summed E-state index contributed by atoms with van der Waals surface area (Å²) in [6, 6.07) is 16.4. The molecule has 0 spiro atoms. The van der Waals surface area contributed by atoms with Gasteiger partial charge < -0.3 is 5.32 Å². The first-order valence-corrected chi connectivity index (χ1v) is 8.41. The van der Waals surface area contributed by atoms with Crippen LogP contribution in [0.5, 0.6) is 0 Å². The largest absolute Gasteiger partial charge is 0.370 e. The molecule has 0 saturated carbocycles. The Bertz CT molecular complexity index is 880. The fourth-order valence-corrected chi connectivity index (χ4v) is 3.01. The van der Waals surface area contributed by atoms with Crippen LogP contribution in [-0.2, 0) is 10.0 Å². The number of rotatable bonds is 5. The highest BCUT2D eigenvalue weighted by Crippen LogP contribution is 2.19. The van der Waals surface area contributed by atoms with E-state index in [1.54, 1.807) is 24.5 Å². The molecule has 0 aliphatic heterocycles. The summed E-state index contributed by atoms with van der Waals surface area (Å²) in [4.78, 5) is 4.03. The molecule has 0 bridgehead atoms. The van der Waals surface area contributed by atoms with E-state index in [1.807, 2.05) is 42.5 Å². The fourth-order valence-electron chi connectivity index (χ4n) is 2.10. The molecule has 112 valence electrons. The van der Waals surface area contributed by atoms with Crippen molar-refractivity contribution >= 4 is 32.2 Å². The predicted molar refractivity (Wildman–Crippen MR) is 89.2 cm³/mol. The standard InChI is InChI=1S/C16H15N3O2S/c20-22(21,12-18-15-4-2-1-3-5-15)19-16-7-6-14-11-17-9-8-13(14)10-16/h1-11,18-19H,12H2. The Labute approximate surface area is 129 Å². The zero-order chi connectivity index (χ0) is 15.4. The van der Waals surface area contributed by atoms with Gasteiger partial charge in [-0.25, -0.2) is 8.42 Å². The maximum Gasteiger partial charge on any atom is 0.250 e. The van der Waals surface area contributed by atoms with Crippen LogP contribution in [0.1, 0.15) is 0 Å². The van der Waals surface area contributed by atoms with E-state index in [4.69, 9.17) is 0 Å². The van der Waals surface area contributed by atoms with Crippen LogP contribution in [0, 0.1) is 0 Å². The first kappa shape index (κ1) is 14.3. The normalized spacial score (nSPS) is 11.3. The number of para-hydroxylation sites is 1. The summed E-state index contributed by atoms with van der Waals surface area (Å²) in [7, 11) is -3.48. The maximum atomic E-state index is 12.1. The summed E-state index contributed by atoms with van der Waals surface area (Å²) in [5.41, 5.74) is 1.30. The third-order valence-corrected chi connectivity index (χ3v) is 4.23. The van der Waals surface area contributed by atoms with Crippen molar-refractivity contribution in [2.45, 2.75) is 0 Å². The van der Waals surface area contributed by atoms with Crippen LogP contribution in [0.25, 0.3) is 10.8 Å². The minimum Gasteiger partial charge on any atom is -0.370 e. The number of hydrogen-bond acceptors (Lipinski definition) is 4. The van der Waals surface area contributed by atoms with Crippen molar-refractivity contribution in [3.8, 4) is 0 Å². The molecule has 0 atom stereocenters. The Morgan fingerprint density at radius 2 is 1.73 bits per heavy atom. The van der Waals surface area contributed by atoms with E-state index in [0.717, 1.165) is 16.5 Å². The molecular formula is C16H15N3O2S. The third kappa shape index (κ3) is 3.53. The zero-order valence-electron chi connectivity index (χ0n) is 11.7. The van der Waals surface area contributed by atoms with E-state index in [1.165, 1.54) is 0 Å². The van der Waals surface area contributed by atoms with Crippen LogP contribution < -0.4 is 10.0 Å². The second kappa shape index (κ2) is 6.03. The van der Waals surface area contributed by atoms with Crippen LogP contribution in [0.3, 0.4) is 0 Å². The third-order valence-electron chi connectivity index (χ3n) is 3.15. The number of nitrogens with zero attached hydrogens (tertiary/aromatic N) is 1. The Morgan fingerprint density at radius 3 is 2.55 bits per heavy atom. The number of aromatic nitrogens is 1. The molecule has 0 fully saturated rings. The van der Waals surface area contributed by atoms with Gasteiger partial charge >= 0.3 is 0 Å². The van der Waals surface area contributed by atoms with E-state index in [2.05, 4.69) is 15.0 Å². The van der Waals surface area contributed by atoms with Crippen molar-refractivity contribution in [1.82, 2.24) is 4.98 Å². The van der Waals surface area contributed by atoms with E-state index in [0.29, 0.717) is 5.69 Å². The predicted octanol–water partition coefficient (Wildman–Crippen LogP) is 3.05. The Hall–Kier alpha value is -2.60. The van der Waals surface area contributed by atoms with E-state index >= 15 is 0 Å². The highest BCUT2D eigenvalue weighted by Gasteiger charge is 2.10. The lowest BCUT2D eigenvalue weighted by Gasteiger charge is -2.10. The first-order valence-electron chi connectivity index (χ1n) is 6.76. The number of anilines is 2. The smallest absolute Gasteiger partial charge is 0.250 e. The highest BCUT2D eigenvalue weighted by molar-refractivity contribution is 7.92. The molecule has 0 radical (unpaired) electrons. The minimum atomic E-state index is -3.48. The molecule has 22 heavy (non-hydrogen) atoms. The topological polar surface area (TPSA) is 71.1 Å². The molecule has 0 amide bonds. The molecule has 2 aromatic carbocycles. The molecule has 1 aromatic heterocycles. The van der Waals surface area contributed by atoms with Gasteiger partial charge in [0.05, 0.1) is 0 Å². The second-order valence-electron chi connectivity index (χ2n) is 4.84. The van der Waals surface area contributed by atoms with Gasteiger partial charge in [-0.15, -0.1) is 0 Å². The van der Waals surface area contributed by atoms with Crippen molar-refractivity contribution in [3.05, 3.63) is 67.0 Å². The number of pyridine rings is 1. The summed E-state index contributed by atoms with van der Waals surface area (Å²) < 4.78 is 26.8. The van der Waals surface area contributed by atoms with Crippen molar-refractivity contribution < 1.29 is 8.42 Å². The number of benzene rings is 2. The lowest BCUT2D eigenvalue weighted by molar-refractivity contribution is 0.603. The summed E-state index contributed by atoms with van der Waals surface area (Å²) >= 11 is 0. The molecule has 2 N–H and O–H groups in total. The number of fused-ring (bicyclic) bond motifs is 1. The first-order chi connectivity index (χ1) is 10.6. The van der Waals surface area contributed by atoms with Crippen LogP contribution in [0.2, 0.25) is 0 Å². The Balaban J connectivity index is 1.72. The van der Waals surface area contributed by atoms with Gasteiger partial charge in [0.2, 0.25) is 0 Å². The molecule has 0 unspecified atom stereocenters. The Kier molecular flexibility index (Phi) is 3.93. The van der Waals surface area contributed by atoms with Crippen molar-refractivity contribution in [2.75, 3.05) is 15.9 Å². The minimum absolute atomic E-state index is 0.189. The van der Waals surface area contributed by atoms with Crippen molar-refractivity contribution in [1.29, 1.82) is 0 Å². The van der Waals surface area contributed by atoms with Crippen LogP contribution in [0.4, 0.5) is 11.4 Å². The molecule has 5 nitrogen and oxygen atoms in total. The fraction of sp³-hybridized carbons (Fsp3) is 0.0625. The molecule has 3 rings (SSSR count). The van der Waals surface area contributed by atoms with E-state index in [9.17, 15) is 8.42 Å². The van der Waals surface area contributed by atoms with Crippen LogP contribution >= 0.6 is 0 Å². The second-order valence-corrected chi connectivity index (χ2v) is 6.56. The van der Waals surface area contributed by atoms with Gasteiger partial charge in [-0.3, -0.25) is 9.71 Å². The molecule has 0 saturated heterocycles. The summed E-state index contributed by atoms with van der Waals surface area (Å²) in [5, 5.41) is 4.78. The van der Waals surface area contributed by atoms with Gasteiger partial charge in [0.1, 0.15) is 5.88 Å². The van der Waals surface area contributed by atoms with Gasteiger partial charge in [-0.1, -0.05) is 24.3 Å². The van der Waals surface area contributed by atoms with E-state index in [-0.39, 0.29) is 5.88 Å². The molecule has 1 heterocycles. The SMILES string of the molecule is O=S(=O)(CNc1ccccc1)Nc1ccc2cnccc2c1. The number of hydrogen-bond donors (Lipinski definition) is 2. The van der Waals surface area contributed by atoms with Gasteiger partial charge in [0.25, 0.3) is 10.0 Å². The van der Waals surface area contributed by atoms with Gasteiger partial charge in [0.15, 0.2) is 0 Å².